The molecule has 0 atom stereocenters. The fourth-order valence-electron chi connectivity index (χ4n) is 4.55. The summed E-state index contributed by atoms with van der Waals surface area (Å²) in [4.78, 5) is 23.8. The number of phenolic OH excluding ortho intramolecular Hbond substituents is 1. The zero-order chi connectivity index (χ0) is 29.4. The average molecular weight is 569 g/mol. The molecule has 0 saturated heterocycles. The standard InChI is InChI=1S/C34H52N2O5/c1-2-3-4-5-8-11-14-17-33(38)35-28-36-34(39)18-15-12-9-6-7-10-13-16-27-40-30-23-25-32(26-24-30)41-31-21-19-29(37)20-22-31/h19-26,37H,2-18,27-28H2,1H3,(H,35,38)(H,36,39). The summed E-state index contributed by atoms with van der Waals surface area (Å²) in [5.41, 5.74) is 0. The van der Waals surface area contributed by atoms with Crippen LogP contribution in [0.1, 0.15) is 116 Å². The van der Waals surface area contributed by atoms with E-state index in [1.165, 1.54) is 51.4 Å². The number of aromatic hydroxyl groups is 1. The molecule has 228 valence electrons. The van der Waals surface area contributed by atoms with Gasteiger partial charge in [0, 0.05) is 12.8 Å². The molecule has 2 amide bonds. The van der Waals surface area contributed by atoms with Crippen LogP contribution in [-0.2, 0) is 9.59 Å². The zero-order valence-electron chi connectivity index (χ0n) is 25.1. The van der Waals surface area contributed by atoms with Gasteiger partial charge < -0.3 is 25.2 Å². The van der Waals surface area contributed by atoms with Crippen molar-refractivity contribution in [3.05, 3.63) is 48.5 Å². The second-order valence-electron chi connectivity index (χ2n) is 10.7. The summed E-state index contributed by atoms with van der Waals surface area (Å²) in [5.74, 6) is 2.48. The third-order valence-electron chi connectivity index (χ3n) is 7.04. The van der Waals surface area contributed by atoms with Crippen LogP contribution in [0, 0.1) is 0 Å². The molecule has 0 spiro atoms. The van der Waals surface area contributed by atoms with Crippen molar-refractivity contribution in [1.29, 1.82) is 0 Å². The largest absolute Gasteiger partial charge is 0.508 e. The van der Waals surface area contributed by atoms with E-state index in [-0.39, 0.29) is 24.2 Å². The van der Waals surface area contributed by atoms with Crippen LogP contribution in [0.3, 0.4) is 0 Å². The summed E-state index contributed by atoms with van der Waals surface area (Å²) >= 11 is 0. The van der Waals surface area contributed by atoms with Gasteiger partial charge >= 0.3 is 0 Å². The molecule has 0 aliphatic heterocycles. The number of unbranched alkanes of at least 4 members (excludes halogenated alkanes) is 13. The maximum absolute atomic E-state index is 12.0. The molecule has 2 rings (SSSR count). The molecule has 7 nitrogen and oxygen atoms in total. The fraction of sp³-hybridized carbons (Fsp3) is 0.588. The summed E-state index contributed by atoms with van der Waals surface area (Å²) in [6.45, 7) is 3.15. The third kappa shape index (κ3) is 18.0. The molecular weight excluding hydrogens is 516 g/mol. The van der Waals surface area contributed by atoms with Gasteiger partial charge in [0.2, 0.25) is 11.8 Å². The van der Waals surface area contributed by atoms with Crippen molar-refractivity contribution in [2.45, 2.75) is 116 Å². The molecule has 0 fully saturated rings. The fourth-order valence-corrected chi connectivity index (χ4v) is 4.55. The Morgan fingerprint density at radius 2 is 1.00 bits per heavy atom. The number of ether oxygens (including phenoxy) is 2. The van der Waals surface area contributed by atoms with E-state index < -0.39 is 0 Å². The van der Waals surface area contributed by atoms with Gasteiger partial charge in [0.15, 0.2) is 0 Å². The monoisotopic (exact) mass is 568 g/mol. The van der Waals surface area contributed by atoms with Gasteiger partial charge in [-0.25, -0.2) is 0 Å². The van der Waals surface area contributed by atoms with E-state index in [1.54, 1.807) is 24.3 Å². The van der Waals surface area contributed by atoms with Gasteiger partial charge in [0.1, 0.15) is 23.0 Å². The molecule has 0 saturated carbocycles. The van der Waals surface area contributed by atoms with Gasteiger partial charge in [-0.3, -0.25) is 9.59 Å². The number of amides is 2. The highest BCUT2D eigenvalue weighted by Gasteiger charge is 2.04. The molecule has 0 bridgehead atoms. The number of carbonyl (C=O) groups excluding carboxylic acids is 2. The lowest BCUT2D eigenvalue weighted by molar-refractivity contribution is -0.123. The molecule has 2 aromatic carbocycles. The Labute approximate surface area is 247 Å². The van der Waals surface area contributed by atoms with Crippen molar-refractivity contribution in [1.82, 2.24) is 10.6 Å². The second-order valence-corrected chi connectivity index (χ2v) is 10.7. The van der Waals surface area contributed by atoms with Crippen LogP contribution in [0.5, 0.6) is 23.0 Å². The van der Waals surface area contributed by atoms with Crippen LogP contribution in [0.2, 0.25) is 0 Å². The van der Waals surface area contributed by atoms with E-state index in [1.807, 2.05) is 24.3 Å². The van der Waals surface area contributed by atoms with Crippen LogP contribution in [0.4, 0.5) is 0 Å². The average Bonchev–Trinajstić information content (AvgIpc) is 2.97. The first-order chi connectivity index (χ1) is 20.1. The van der Waals surface area contributed by atoms with Crippen LogP contribution in [0.25, 0.3) is 0 Å². The van der Waals surface area contributed by atoms with Crippen LogP contribution in [-0.4, -0.2) is 30.2 Å². The Balaban J connectivity index is 1.34. The Bertz CT molecular complexity index is 947. The maximum atomic E-state index is 12.0. The Morgan fingerprint density at radius 3 is 1.51 bits per heavy atom. The molecule has 2 aromatic rings. The van der Waals surface area contributed by atoms with Crippen molar-refractivity contribution < 1.29 is 24.2 Å². The van der Waals surface area contributed by atoms with E-state index >= 15 is 0 Å². The van der Waals surface area contributed by atoms with Crippen LogP contribution < -0.4 is 20.1 Å². The van der Waals surface area contributed by atoms with E-state index in [4.69, 9.17) is 9.47 Å². The summed E-state index contributed by atoms with van der Waals surface area (Å²) in [5, 5.41) is 14.9. The zero-order valence-corrected chi connectivity index (χ0v) is 25.1. The van der Waals surface area contributed by atoms with Crippen molar-refractivity contribution in [3.63, 3.8) is 0 Å². The first-order valence-corrected chi connectivity index (χ1v) is 15.8. The van der Waals surface area contributed by atoms with Gasteiger partial charge in [-0.15, -0.1) is 0 Å². The summed E-state index contributed by atoms with van der Waals surface area (Å²) < 4.78 is 11.6. The molecule has 0 aliphatic carbocycles. The van der Waals surface area contributed by atoms with E-state index in [0.717, 1.165) is 56.4 Å². The predicted molar refractivity (Wildman–Crippen MR) is 165 cm³/mol. The van der Waals surface area contributed by atoms with Crippen LogP contribution >= 0.6 is 0 Å². The van der Waals surface area contributed by atoms with Gasteiger partial charge in [0.25, 0.3) is 0 Å². The van der Waals surface area contributed by atoms with Crippen molar-refractivity contribution in [3.8, 4) is 23.0 Å². The molecule has 0 unspecified atom stereocenters. The van der Waals surface area contributed by atoms with E-state index in [2.05, 4.69) is 17.6 Å². The third-order valence-corrected chi connectivity index (χ3v) is 7.04. The minimum Gasteiger partial charge on any atom is -0.508 e. The number of phenols is 1. The summed E-state index contributed by atoms with van der Waals surface area (Å²) in [6.07, 6.45) is 18.3. The highest BCUT2D eigenvalue weighted by atomic mass is 16.5. The minimum absolute atomic E-state index is 0.0146. The normalized spacial score (nSPS) is 10.8. The Morgan fingerprint density at radius 1 is 0.585 bits per heavy atom. The highest BCUT2D eigenvalue weighted by molar-refractivity contribution is 5.78. The number of benzene rings is 2. The van der Waals surface area contributed by atoms with Crippen LogP contribution in [0.15, 0.2) is 48.5 Å². The lowest BCUT2D eigenvalue weighted by Crippen LogP contribution is -2.37. The molecule has 41 heavy (non-hydrogen) atoms. The predicted octanol–water partition coefficient (Wildman–Crippen LogP) is 8.40. The molecule has 3 N–H and O–H groups in total. The van der Waals surface area contributed by atoms with E-state index in [9.17, 15) is 14.7 Å². The summed E-state index contributed by atoms with van der Waals surface area (Å²) in [6, 6.07) is 14.2. The molecule has 7 heteroatoms. The molecule has 0 heterocycles. The minimum atomic E-state index is 0.0146. The van der Waals surface area contributed by atoms with Gasteiger partial charge in [-0.05, 0) is 67.8 Å². The smallest absolute Gasteiger partial charge is 0.221 e. The van der Waals surface area contributed by atoms with Crippen molar-refractivity contribution >= 4 is 11.8 Å². The summed E-state index contributed by atoms with van der Waals surface area (Å²) in [7, 11) is 0. The Kier molecular flexibility index (Phi) is 18.6. The van der Waals surface area contributed by atoms with Crippen molar-refractivity contribution in [2.75, 3.05) is 13.3 Å². The van der Waals surface area contributed by atoms with Crippen molar-refractivity contribution in [2.24, 2.45) is 0 Å². The quantitative estimate of drug-likeness (QED) is 0.0872. The maximum Gasteiger partial charge on any atom is 0.221 e. The van der Waals surface area contributed by atoms with E-state index in [0.29, 0.717) is 25.2 Å². The lowest BCUT2D eigenvalue weighted by Gasteiger charge is -2.09. The number of hydrogen-bond donors (Lipinski definition) is 3. The highest BCUT2D eigenvalue weighted by Crippen LogP contribution is 2.25. The SMILES string of the molecule is CCCCCCCCCC(=O)NCNC(=O)CCCCCCCCCCOc1ccc(Oc2ccc(O)cc2)cc1. The second kappa shape index (κ2) is 22.5. The number of rotatable bonds is 24. The Hall–Kier alpha value is -3.22. The van der Waals surface area contributed by atoms with Gasteiger partial charge in [-0.1, -0.05) is 84.0 Å². The van der Waals surface area contributed by atoms with Gasteiger partial charge in [0.05, 0.1) is 13.3 Å². The molecular formula is C34H52N2O5. The molecule has 0 aromatic heterocycles. The lowest BCUT2D eigenvalue weighted by atomic mass is 10.1. The first-order valence-electron chi connectivity index (χ1n) is 15.8. The topological polar surface area (TPSA) is 96.9 Å². The molecule has 0 radical (unpaired) electrons. The number of nitrogens with one attached hydrogen (secondary N) is 2. The number of hydrogen-bond acceptors (Lipinski definition) is 5. The number of carbonyl (C=O) groups is 2. The van der Waals surface area contributed by atoms with Gasteiger partial charge in [-0.2, -0.15) is 0 Å². The first kappa shape index (κ1) is 34.0. The molecule has 0 aliphatic rings.